The number of aryl methyl sites for hydroxylation is 1. The number of anilines is 1. The molecule has 2 aromatic carbocycles. The van der Waals surface area contributed by atoms with Crippen molar-refractivity contribution in [2.24, 2.45) is 0 Å². The van der Waals surface area contributed by atoms with E-state index in [1.807, 2.05) is 13.0 Å². The van der Waals surface area contributed by atoms with E-state index >= 15 is 0 Å². The maximum atomic E-state index is 14.1. The lowest BCUT2D eigenvalue weighted by atomic mass is 9.93. The summed E-state index contributed by atoms with van der Waals surface area (Å²) in [7, 11) is 0. The molecule has 0 atom stereocenters. The first-order valence-electron chi connectivity index (χ1n) is 17.7. The Kier molecular flexibility index (Phi) is 11.3. The third kappa shape index (κ3) is 8.42. The fourth-order valence-electron chi connectivity index (χ4n) is 7.64. The molecule has 2 fully saturated rings. The van der Waals surface area contributed by atoms with Gasteiger partial charge in [-0.15, -0.1) is 0 Å². The van der Waals surface area contributed by atoms with Crippen LogP contribution in [-0.4, -0.2) is 92.1 Å². The zero-order chi connectivity index (χ0) is 35.4. The van der Waals surface area contributed by atoms with Crippen molar-refractivity contribution in [1.82, 2.24) is 20.1 Å². The fraction of sp³-hybridized carbons (Fsp3) is 0.526. The van der Waals surface area contributed by atoms with Crippen LogP contribution in [0.2, 0.25) is 0 Å². The minimum absolute atomic E-state index is 0.0251. The third-order valence-electron chi connectivity index (χ3n) is 10.3. The molecule has 1 amide bonds. The van der Waals surface area contributed by atoms with Crippen LogP contribution in [0.4, 0.5) is 18.9 Å². The highest BCUT2D eigenvalue weighted by molar-refractivity contribution is 5.99. The molecule has 270 valence electrons. The number of amides is 1. The second kappa shape index (κ2) is 15.7. The molecule has 0 aliphatic carbocycles. The minimum Gasteiger partial charge on any atom is -0.381 e. The molecule has 3 aliphatic heterocycles. The van der Waals surface area contributed by atoms with Crippen molar-refractivity contribution in [3.8, 4) is 11.1 Å². The maximum Gasteiger partial charge on any atom is 0.401 e. The number of benzene rings is 2. The standard InChI is InChI=1S/C38H48F3N5O4/c1-4-46(30-10-15-49-16-11-30)35-20-29(28-7-5-27(6-8-28)22-44-13-17-50-18-14-44)19-32(25(35)2)36(47)42-21-33-31-9-12-45(24-38(39,40)41)23-34(31)26(3)43-37(33)48/h5-8,19-20,30H,4,9-18,21-24H2,1-3H3,(H,42,47)(H,43,48). The summed E-state index contributed by atoms with van der Waals surface area (Å²) < 4.78 is 50.6. The topological polar surface area (TPSA) is 90.1 Å². The normalized spacial score (nSPS) is 17.8. The Morgan fingerprint density at radius 3 is 2.34 bits per heavy atom. The number of aromatic nitrogens is 1. The van der Waals surface area contributed by atoms with Crippen LogP contribution >= 0.6 is 0 Å². The molecule has 9 nitrogen and oxygen atoms in total. The van der Waals surface area contributed by atoms with Crippen LogP contribution in [0.15, 0.2) is 41.2 Å². The van der Waals surface area contributed by atoms with Gasteiger partial charge in [-0.1, -0.05) is 24.3 Å². The predicted octanol–water partition coefficient (Wildman–Crippen LogP) is 5.35. The number of carbonyl (C=O) groups excluding carboxylic acids is 1. The van der Waals surface area contributed by atoms with Gasteiger partial charge in [0.15, 0.2) is 0 Å². The summed E-state index contributed by atoms with van der Waals surface area (Å²) in [4.78, 5) is 36.2. The molecule has 0 bridgehead atoms. The molecule has 0 unspecified atom stereocenters. The Labute approximate surface area is 291 Å². The van der Waals surface area contributed by atoms with Crippen LogP contribution in [0.25, 0.3) is 11.1 Å². The Balaban J connectivity index is 1.29. The third-order valence-corrected chi connectivity index (χ3v) is 10.3. The lowest BCUT2D eigenvalue weighted by Gasteiger charge is -2.37. The summed E-state index contributed by atoms with van der Waals surface area (Å²) in [6.45, 7) is 11.4. The molecule has 12 heteroatoms. The average molecular weight is 696 g/mol. The Hall–Kier alpha value is -3.71. The Morgan fingerprint density at radius 2 is 1.66 bits per heavy atom. The molecule has 50 heavy (non-hydrogen) atoms. The smallest absolute Gasteiger partial charge is 0.381 e. The van der Waals surface area contributed by atoms with Crippen molar-refractivity contribution >= 4 is 11.6 Å². The molecule has 6 rings (SSSR count). The lowest BCUT2D eigenvalue weighted by molar-refractivity contribution is -0.147. The minimum atomic E-state index is -4.31. The van der Waals surface area contributed by atoms with Crippen molar-refractivity contribution in [2.45, 2.75) is 71.9 Å². The Morgan fingerprint density at radius 1 is 0.960 bits per heavy atom. The number of aromatic amines is 1. The van der Waals surface area contributed by atoms with E-state index in [0.717, 1.165) is 80.2 Å². The van der Waals surface area contributed by atoms with Crippen molar-refractivity contribution in [3.05, 3.63) is 85.8 Å². The lowest BCUT2D eigenvalue weighted by Crippen LogP contribution is -2.40. The monoisotopic (exact) mass is 695 g/mol. The second-order valence-corrected chi connectivity index (χ2v) is 13.7. The number of morpholine rings is 1. The quantitative estimate of drug-likeness (QED) is 0.296. The molecular weight excluding hydrogens is 647 g/mol. The van der Waals surface area contributed by atoms with Gasteiger partial charge in [-0.2, -0.15) is 13.2 Å². The number of nitrogens with zero attached hydrogens (tertiary/aromatic N) is 3. The highest BCUT2D eigenvalue weighted by atomic mass is 19.4. The van der Waals surface area contributed by atoms with E-state index in [9.17, 15) is 22.8 Å². The summed E-state index contributed by atoms with van der Waals surface area (Å²) in [6, 6.07) is 12.9. The number of H-pyrrole nitrogens is 1. The van der Waals surface area contributed by atoms with Crippen LogP contribution in [-0.2, 0) is 35.5 Å². The molecule has 0 radical (unpaired) electrons. The number of alkyl halides is 3. The number of pyridine rings is 1. The summed E-state index contributed by atoms with van der Waals surface area (Å²) in [5, 5.41) is 3.01. The molecule has 2 N–H and O–H groups in total. The van der Waals surface area contributed by atoms with E-state index in [-0.39, 0.29) is 37.1 Å². The number of halogens is 3. The highest BCUT2D eigenvalue weighted by Crippen LogP contribution is 2.34. The van der Waals surface area contributed by atoms with Crippen molar-refractivity contribution in [3.63, 3.8) is 0 Å². The first-order valence-corrected chi connectivity index (χ1v) is 17.7. The van der Waals surface area contributed by atoms with Gasteiger partial charge in [-0.3, -0.25) is 19.4 Å². The van der Waals surface area contributed by atoms with Crippen LogP contribution in [0, 0.1) is 13.8 Å². The van der Waals surface area contributed by atoms with E-state index in [4.69, 9.17) is 9.47 Å². The zero-order valence-corrected chi connectivity index (χ0v) is 29.3. The molecule has 0 saturated carbocycles. The first-order chi connectivity index (χ1) is 24.0. The van der Waals surface area contributed by atoms with Crippen LogP contribution in [0.5, 0.6) is 0 Å². The van der Waals surface area contributed by atoms with Gasteiger partial charge in [0.2, 0.25) is 0 Å². The number of nitrogens with one attached hydrogen (secondary N) is 2. The summed E-state index contributed by atoms with van der Waals surface area (Å²) >= 11 is 0. The average Bonchev–Trinajstić information content (AvgIpc) is 3.10. The fourth-order valence-corrected chi connectivity index (χ4v) is 7.64. The molecule has 0 spiro atoms. The maximum absolute atomic E-state index is 14.1. The van der Waals surface area contributed by atoms with Crippen molar-refractivity contribution in [2.75, 3.05) is 64.1 Å². The molecule has 3 aliphatic rings. The van der Waals surface area contributed by atoms with Crippen LogP contribution in [0.1, 0.15) is 63.6 Å². The van der Waals surface area contributed by atoms with Crippen molar-refractivity contribution < 1.29 is 27.4 Å². The van der Waals surface area contributed by atoms with E-state index in [0.29, 0.717) is 42.0 Å². The van der Waals surface area contributed by atoms with Gasteiger partial charge in [-0.05, 0) is 85.5 Å². The predicted molar refractivity (Wildman–Crippen MR) is 188 cm³/mol. The van der Waals surface area contributed by atoms with Gasteiger partial charge in [-0.25, -0.2) is 0 Å². The van der Waals surface area contributed by atoms with Gasteiger partial charge in [0.25, 0.3) is 11.5 Å². The number of carbonyl (C=O) groups is 1. The summed E-state index contributed by atoms with van der Waals surface area (Å²) in [6.07, 6.45) is -2.20. The van der Waals surface area contributed by atoms with E-state index in [2.05, 4.69) is 57.4 Å². The SMILES string of the molecule is CCN(c1cc(-c2ccc(CN3CCOCC3)cc2)cc(C(=O)NCc2c3c(c(C)[nH]c2=O)CN(CC(F)(F)F)CC3)c1C)C1CCOCC1. The first kappa shape index (κ1) is 36.1. The number of ether oxygens (including phenoxy) is 2. The van der Waals surface area contributed by atoms with Gasteiger partial charge < -0.3 is 24.7 Å². The highest BCUT2D eigenvalue weighted by Gasteiger charge is 2.33. The second-order valence-electron chi connectivity index (χ2n) is 13.7. The van der Waals surface area contributed by atoms with Gasteiger partial charge in [0, 0.05) is 87.6 Å². The summed E-state index contributed by atoms with van der Waals surface area (Å²) in [5.74, 6) is -0.305. The number of hydrogen-bond donors (Lipinski definition) is 2. The molecular formula is C38H48F3N5O4. The van der Waals surface area contributed by atoms with E-state index in [1.165, 1.54) is 10.5 Å². The Bertz CT molecular complexity index is 1710. The number of rotatable bonds is 10. The zero-order valence-electron chi connectivity index (χ0n) is 29.3. The van der Waals surface area contributed by atoms with Crippen LogP contribution < -0.4 is 15.8 Å². The van der Waals surface area contributed by atoms with E-state index in [1.54, 1.807) is 6.92 Å². The van der Waals surface area contributed by atoms with Crippen LogP contribution in [0.3, 0.4) is 0 Å². The number of hydrogen-bond acceptors (Lipinski definition) is 7. The van der Waals surface area contributed by atoms with Crippen molar-refractivity contribution in [1.29, 1.82) is 0 Å². The summed E-state index contributed by atoms with van der Waals surface area (Å²) in [5.41, 5.74) is 7.56. The van der Waals surface area contributed by atoms with Gasteiger partial charge in [0.1, 0.15) is 0 Å². The molecule has 2 saturated heterocycles. The number of fused-ring (bicyclic) bond motifs is 1. The molecule has 4 heterocycles. The molecule has 3 aromatic rings. The van der Waals surface area contributed by atoms with Gasteiger partial charge >= 0.3 is 6.18 Å². The largest absolute Gasteiger partial charge is 0.401 e. The van der Waals surface area contributed by atoms with E-state index < -0.39 is 12.7 Å². The molecule has 1 aromatic heterocycles. The van der Waals surface area contributed by atoms with Gasteiger partial charge in [0.05, 0.1) is 19.8 Å².